The standard InChI is InChI=1S/C20H22N4O2S.ClH/c1-12(21-2)10-17-22-19(26-24-17)16-8-9-27-20(16)23-18(25)15-7-6-13-4-3-5-14(13)11-15;/h6-9,11-12,21H,3-5,10H2,1-2H3,(H,23,25);1H. The molecule has 0 radical (unpaired) electrons. The van der Waals surface area contributed by atoms with Gasteiger partial charge in [-0.2, -0.15) is 4.98 Å². The number of hydrogen-bond donors (Lipinski definition) is 2. The van der Waals surface area contributed by atoms with Gasteiger partial charge in [-0.3, -0.25) is 4.79 Å². The number of nitrogens with one attached hydrogen (secondary N) is 2. The molecule has 2 aromatic heterocycles. The summed E-state index contributed by atoms with van der Waals surface area (Å²) in [7, 11) is 1.90. The van der Waals surface area contributed by atoms with Crippen LogP contribution in [0.4, 0.5) is 5.00 Å². The molecule has 1 atom stereocenters. The van der Waals surface area contributed by atoms with Gasteiger partial charge in [0.2, 0.25) is 0 Å². The van der Waals surface area contributed by atoms with Crippen LogP contribution in [0.25, 0.3) is 11.5 Å². The molecule has 4 rings (SSSR count). The molecule has 148 valence electrons. The maximum Gasteiger partial charge on any atom is 0.260 e. The molecule has 28 heavy (non-hydrogen) atoms. The molecule has 0 saturated carbocycles. The predicted octanol–water partition coefficient (Wildman–Crippen LogP) is 4.11. The van der Waals surface area contributed by atoms with Gasteiger partial charge >= 0.3 is 0 Å². The average molecular weight is 419 g/mol. The third kappa shape index (κ3) is 4.27. The first-order valence-electron chi connectivity index (χ1n) is 9.15. The maximum absolute atomic E-state index is 12.7. The number of anilines is 1. The molecule has 0 fully saturated rings. The van der Waals surface area contributed by atoms with E-state index in [2.05, 4.69) is 33.8 Å². The zero-order valence-electron chi connectivity index (χ0n) is 15.8. The van der Waals surface area contributed by atoms with Crippen LogP contribution in [-0.2, 0) is 19.3 Å². The molecule has 1 unspecified atom stereocenters. The van der Waals surface area contributed by atoms with Crippen LogP contribution in [0.15, 0.2) is 34.2 Å². The van der Waals surface area contributed by atoms with E-state index in [4.69, 9.17) is 4.52 Å². The topological polar surface area (TPSA) is 80.0 Å². The minimum absolute atomic E-state index is 0. The van der Waals surface area contributed by atoms with Gasteiger partial charge in [0.25, 0.3) is 11.8 Å². The Kier molecular flexibility index (Phi) is 6.49. The Bertz CT molecular complexity index is 969. The van der Waals surface area contributed by atoms with Gasteiger partial charge in [-0.25, -0.2) is 0 Å². The summed E-state index contributed by atoms with van der Waals surface area (Å²) in [5, 5.41) is 12.8. The number of carbonyl (C=O) groups excluding carboxylic acids is 1. The number of thiophene rings is 1. The number of nitrogens with zero attached hydrogens (tertiary/aromatic N) is 2. The molecule has 3 aromatic rings. The van der Waals surface area contributed by atoms with E-state index in [-0.39, 0.29) is 24.4 Å². The fourth-order valence-corrected chi connectivity index (χ4v) is 4.06. The first-order chi connectivity index (χ1) is 13.1. The summed E-state index contributed by atoms with van der Waals surface area (Å²) in [5.74, 6) is 0.963. The second-order valence-electron chi connectivity index (χ2n) is 6.86. The Labute approximate surface area is 174 Å². The number of halogens is 1. The molecule has 1 amide bonds. The lowest BCUT2D eigenvalue weighted by Gasteiger charge is -2.06. The van der Waals surface area contributed by atoms with Crippen LogP contribution in [-0.4, -0.2) is 29.1 Å². The Morgan fingerprint density at radius 1 is 1.29 bits per heavy atom. The van der Waals surface area contributed by atoms with E-state index in [0.29, 0.717) is 23.7 Å². The number of aromatic nitrogens is 2. The van der Waals surface area contributed by atoms with E-state index in [1.54, 1.807) is 0 Å². The summed E-state index contributed by atoms with van der Waals surface area (Å²) in [6.45, 7) is 2.06. The Morgan fingerprint density at radius 3 is 2.93 bits per heavy atom. The van der Waals surface area contributed by atoms with Crippen molar-refractivity contribution >= 4 is 34.7 Å². The van der Waals surface area contributed by atoms with Gasteiger partial charge in [0.1, 0.15) is 5.00 Å². The van der Waals surface area contributed by atoms with Crippen molar-refractivity contribution in [2.45, 2.75) is 38.6 Å². The molecule has 0 saturated heterocycles. The molecular formula is C20H23ClN4O2S. The molecule has 1 aliphatic rings. The van der Waals surface area contributed by atoms with Crippen LogP contribution in [0.5, 0.6) is 0 Å². The van der Waals surface area contributed by atoms with Crippen molar-refractivity contribution in [2.75, 3.05) is 12.4 Å². The summed E-state index contributed by atoms with van der Waals surface area (Å²) >= 11 is 1.45. The van der Waals surface area contributed by atoms with Crippen LogP contribution in [0.3, 0.4) is 0 Å². The minimum atomic E-state index is -0.114. The van der Waals surface area contributed by atoms with E-state index in [1.165, 1.54) is 28.9 Å². The molecule has 0 aliphatic heterocycles. The van der Waals surface area contributed by atoms with Crippen molar-refractivity contribution in [3.63, 3.8) is 0 Å². The predicted molar refractivity (Wildman–Crippen MR) is 114 cm³/mol. The second-order valence-corrected chi connectivity index (χ2v) is 7.78. The number of amides is 1. The molecule has 1 aromatic carbocycles. The van der Waals surface area contributed by atoms with Crippen LogP contribution < -0.4 is 10.6 Å². The van der Waals surface area contributed by atoms with Crippen LogP contribution >= 0.6 is 23.7 Å². The Hall–Kier alpha value is -2.22. The molecule has 2 N–H and O–H groups in total. The summed E-state index contributed by atoms with van der Waals surface area (Å²) in [6.07, 6.45) is 4.01. The third-order valence-corrected chi connectivity index (χ3v) is 5.76. The summed E-state index contributed by atoms with van der Waals surface area (Å²) in [5.41, 5.74) is 4.08. The number of rotatable bonds is 6. The molecule has 0 spiro atoms. The highest BCUT2D eigenvalue weighted by Crippen LogP contribution is 2.33. The fraction of sp³-hybridized carbons (Fsp3) is 0.350. The molecule has 1 aliphatic carbocycles. The number of hydrogen-bond acceptors (Lipinski definition) is 6. The van der Waals surface area contributed by atoms with E-state index in [1.807, 2.05) is 30.6 Å². The fourth-order valence-electron chi connectivity index (χ4n) is 3.29. The van der Waals surface area contributed by atoms with Gasteiger partial charge in [0.15, 0.2) is 5.82 Å². The van der Waals surface area contributed by atoms with Crippen LogP contribution in [0.2, 0.25) is 0 Å². The van der Waals surface area contributed by atoms with Gasteiger partial charge in [0, 0.05) is 18.0 Å². The van der Waals surface area contributed by atoms with Crippen molar-refractivity contribution < 1.29 is 9.32 Å². The van der Waals surface area contributed by atoms with Crippen molar-refractivity contribution in [1.29, 1.82) is 0 Å². The zero-order valence-corrected chi connectivity index (χ0v) is 17.5. The van der Waals surface area contributed by atoms with E-state index in [9.17, 15) is 4.79 Å². The van der Waals surface area contributed by atoms with Gasteiger partial charge in [0.05, 0.1) is 5.56 Å². The summed E-state index contributed by atoms with van der Waals surface area (Å²) in [6, 6.07) is 8.13. The van der Waals surface area contributed by atoms with Crippen molar-refractivity contribution in [2.24, 2.45) is 0 Å². The monoisotopic (exact) mass is 418 g/mol. The normalized spacial score (nSPS) is 13.6. The van der Waals surface area contributed by atoms with Crippen LogP contribution in [0.1, 0.15) is 40.7 Å². The average Bonchev–Trinajstić information content (AvgIpc) is 3.41. The first-order valence-corrected chi connectivity index (χ1v) is 10.0. The molecule has 8 heteroatoms. The molecule has 0 bridgehead atoms. The summed E-state index contributed by atoms with van der Waals surface area (Å²) in [4.78, 5) is 17.2. The van der Waals surface area contributed by atoms with Crippen molar-refractivity contribution in [3.8, 4) is 11.5 Å². The minimum Gasteiger partial charge on any atom is -0.334 e. The highest BCUT2D eigenvalue weighted by molar-refractivity contribution is 7.15. The van der Waals surface area contributed by atoms with E-state index >= 15 is 0 Å². The quantitative estimate of drug-likeness (QED) is 0.629. The lowest BCUT2D eigenvalue weighted by atomic mass is 10.1. The molecular weight excluding hydrogens is 396 g/mol. The van der Waals surface area contributed by atoms with E-state index < -0.39 is 0 Å². The van der Waals surface area contributed by atoms with Gasteiger partial charge in [-0.15, -0.1) is 23.7 Å². The van der Waals surface area contributed by atoms with Gasteiger partial charge in [-0.1, -0.05) is 11.2 Å². The molecule has 6 nitrogen and oxygen atoms in total. The van der Waals surface area contributed by atoms with Crippen molar-refractivity contribution in [3.05, 3.63) is 52.2 Å². The number of likely N-dealkylation sites (N-methyl/N-ethyl adjacent to an activating group) is 1. The van der Waals surface area contributed by atoms with Gasteiger partial charge in [-0.05, 0) is 67.9 Å². The maximum atomic E-state index is 12.7. The lowest BCUT2D eigenvalue weighted by molar-refractivity contribution is 0.102. The third-order valence-electron chi connectivity index (χ3n) is 4.93. The summed E-state index contributed by atoms with van der Waals surface area (Å²) < 4.78 is 5.41. The SMILES string of the molecule is CNC(C)Cc1noc(-c2ccsc2NC(=O)c2ccc3c(c2)CCC3)n1.Cl. The second kappa shape index (κ2) is 8.86. The van der Waals surface area contributed by atoms with E-state index in [0.717, 1.165) is 23.4 Å². The highest BCUT2D eigenvalue weighted by atomic mass is 35.5. The molecule has 2 heterocycles. The lowest BCUT2D eigenvalue weighted by Crippen LogP contribution is -2.24. The zero-order chi connectivity index (χ0) is 18.8. The Balaban J connectivity index is 0.00000225. The Morgan fingerprint density at radius 2 is 2.11 bits per heavy atom. The van der Waals surface area contributed by atoms with Gasteiger partial charge < -0.3 is 15.2 Å². The number of fused-ring (bicyclic) bond motifs is 1. The highest BCUT2D eigenvalue weighted by Gasteiger charge is 2.19. The number of aryl methyl sites for hydroxylation is 2. The van der Waals surface area contributed by atoms with Crippen molar-refractivity contribution in [1.82, 2.24) is 15.5 Å². The number of benzene rings is 1. The smallest absolute Gasteiger partial charge is 0.260 e. The number of carbonyl (C=O) groups is 1. The largest absolute Gasteiger partial charge is 0.334 e. The first kappa shape index (κ1) is 20.5. The van der Waals surface area contributed by atoms with Crippen LogP contribution in [0, 0.1) is 0 Å².